The fourth-order valence-electron chi connectivity index (χ4n) is 1.89. The molecule has 0 aliphatic heterocycles. The Labute approximate surface area is 116 Å². The highest BCUT2D eigenvalue weighted by Gasteiger charge is 2.08. The van der Waals surface area contributed by atoms with Gasteiger partial charge in [-0.15, -0.1) is 0 Å². The third-order valence-corrected chi connectivity index (χ3v) is 3.75. The Morgan fingerprint density at radius 3 is 2.50 bits per heavy atom. The second-order valence-corrected chi connectivity index (χ2v) is 5.18. The molecule has 1 unspecified atom stereocenters. The molecule has 0 aliphatic rings. The SMILES string of the molecule is CC(NCc1ccccc1N)c1ccccc1Br. The Bertz CT molecular complexity index is 525. The summed E-state index contributed by atoms with van der Waals surface area (Å²) >= 11 is 3.57. The number of benzene rings is 2. The molecule has 2 aromatic carbocycles. The first-order valence-corrected chi connectivity index (χ1v) is 6.79. The van der Waals surface area contributed by atoms with E-state index in [-0.39, 0.29) is 6.04 Å². The predicted molar refractivity (Wildman–Crippen MR) is 80.3 cm³/mol. The van der Waals surface area contributed by atoms with Crippen LogP contribution in [0.4, 0.5) is 5.69 Å². The normalized spacial score (nSPS) is 12.3. The average molecular weight is 305 g/mol. The summed E-state index contributed by atoms with van der Waals surface area (Å²) in [7, 11) is 0. The van der Waals surface area contributed by atoms with Gasteiger partial charge in [-0.2, -0.15) is 0 Å². The Morgan fingerprint density at radius 2 is 1.78 bits per heavy atom. The number of para-hydroxylation sites is 1. The summed E-state index contributed by atoms with van der Waals surface area (Å²) < 4.78 is 1.13. The molecule has 2 nitrogen and oxygen atoms in total. The number of hydrogen-bond donors (Lipinski definition) is 2. The van der Waals surface area contributed by atoms with Crippen molar-refractivity contribution in [1.82, 2.24) is 5.32 Å². The van der Waals surface area contributed by atoms with Gasteiger partial charge in [-0.05, 0) is 30.2 Å². The van der Waals surface area contributed by atoms with Crippen LogP contribution in [0.3, 0.4) is 0 Å². The minimum absolute atomic E-state index is 0.278. The standard InChI is InChI=1S/C15H17BrN2/c1-11(13-7-3-4-8-14(13)16)18-10-12-6-2-5-9-15(12)17/h2-9,11,18H,10,17H2,1H3. The molecular formula is C15H17BrN2. The second kappa shape index (κ2) is 6.03. The molecule has 0 saturated heterocycles. The van der Waals surface area contributed by atoms with E-state index in [1.54, 1.807) is 0 Å². The van der Waals surface area contributed by atoms with Crippen molar-refractivity contribution >= 4 is 21.6 Å². The molecule has 1 atom stereocenters. The van der Waals surface area contributed by atoms with Crippen molar-refractivity contribution in [1.29, 1.82) is 0 Å². The van der Waals surface area contributed by atoms with Gasteiger partial charge in [0.2, 0.25) is 0 Å². The smallest absolute Gasteiger partial charge is 0.0359 e. The molecule has 18 heavy (non-hydrogen) atoms. The van der Waals surface area contributed by atoms with Crippen LogP contribution in [0.5, 0.6) is 0 Å². The summed E-state index contributed by atoms with van der Waals surface area (Å²) in [6, 6.07) is 16.5. The van der Waals surface area contributed by atoms with Crippen molar-refractivity contribution in [3.63, 3.8) is 0 Å². The second-order valence-electron chi connectivity index (χ2n) is 4.32. The molecular weight excluding hydrogens is 288 g/mol. The molecule has 0 saturated carbocycles. The van der Waals surface area contributed by atoms with Gasteiger partial charge in [0.1, 0.15) is 0 Å². The van der Waals surface area contributed by atoms with Crippen molar-refractivity contribution in [2.24, 2.45) is 0 Å². The van der Waals surface area contributed by atoms with E-state index < -0.39 is 0 Å². The lowest BCUT2D eigenvalue weighted by atomic mass is 10.1. The molecule has 0 amide bonds. The van der Waals surface area contributed by atoms with E-state index in [2.05, 4.69) is 52.4 Å². The molecule has 0 aliphatic carbocycles. The maximum absolute atomic E-state index is 5.93. The molecule has 0 radical (unpaired) electrons. The summed E-state index contributed by atoms with van der Waals surface area (Å²) in [6.45, 7) is 2.92. The minimum atomic E-state index is 0.278. The quantitative estimate of drug-likeness (QED) is 0.841. The van der Waals surface area contributed by atoms with Crippen molar-refractivity contribution in [2.75, 3.05) is 5.73 Å². The van der Waals surface area contributed by atoms with Gasteiger partial charge in [-0.1, -0.05) is 52.3 Å². The number of nitrogen functional groups attached to an aromatic ring is 1. The molecule has 0 aromatic heterocycles. The van der Waals surface area contributed by atoms with Crippen LogP contribution in [0, 0.1) is 0 Å². The van der Waals surface area contributed by atoms with Crippen LogP contribution in [0.1, 0.15) is 24.1 Å². The highest BCUT2D eigenvalue weighted by atomic mass is 79.9. The van der Waals surface area contributed by atoms with E-state index >= 15 is 0 Å². The van der Waals surface area contributed by atoms with Crippen LogP contribution in [-0.2, 0) is 6.54 Å². The minimum Gasteiger partial charge on any atom is -0.398 e. The van der Waals surface area contributed by atoms with Crippen LogP contribution in [0.25, 0.3) is 0 Å². The highest BCUT2D eigenvalue weighted by Crippen LogP contribution is 2.23. The lowest BCUT2D eigenvalue weighted by Crippen LogP contribution is -2.19. The Hall–Kier alpha value is -1.32. The molecule has 0 bridgehead atoms. The van der Waals surface area contributed by atoms with Gasteiger partial charge < -0.3 is 11.1 Å². The van der Waals surface area contributed by atoms with Crippen LogP contribution in [0.15, 0.2) is 53.0 Å². The molecule has 0 heterocycles. The topological polar surface area (TPSA) is 38.0 Å². The van der Waals surface area contributed by atoms with Gasteiger partial charge >= 0.3 is 0 Å². The lowest BCUT2D eigenvalue weighted by molar-refractivity contribution is 0.573. The van der Waals surface area contributed by atoms with Gasteiger partial charge in [0.05, 0.1) is 0 Å². The zero-order valence-electron chi connectivity index (χ0n) is 10.4. The van der Waals surface area contributed by atoms with Gasteiger partial charge in [0, 0.05) is 22.7 Å². The van der Waals surface area contributed by atoms with Gasteiger partial charge in [0.15, 0.2) is 0 Å². The fraction of sp³-hybridized carbons (Fsp3) is 0.200. The highest BCUT2D eigenvalue weighted by molar-refractivity contribution is 9.10. The third kappa shape index (κ3) is 3.12. The van der Waals surface area contributed by atoms with E-state index in [1.165, 1.54) is 5.56 Å². The number of nitrogens with two attached hydrogens (primary N) is 1. The summed E-state index contributed by atoms with van der Waals surface area (Å²) in [5.41, 5.74) is 9.16. The first-order chi connectivity index (χ1) is 8.68. The van der Waals surface area contributed by atoms with E-state index in [0.29, 0.717) is 0 Å². The molecule has 2 aromatic rings. The summed E-state index contributed by atoms with van der Waals surface area (Å²) in [6.07, 6.45) is 0. The van der Waals surface area contributed by atoms with Crippen LogP contribution in [-0.4, -0.2) is 0 Å². The fourth-order valence-corrected chi connectivity index (χ4v) is 2.52. The zero-order chi connectivity index (χ0) is 13.0. The van der Waals surface area contributed by atoms with E-state index in [4.69, 9.17) is 5.73 Å². The number of anilines is 1. The van der Waals surface area contributed by atoms with Gasteiger partial charge in [0.25, 0.3) is 0 Å². The summed E-state index contributed by atoms with van der Waals surface area (Å²) in [5.74, 6) is 0. The molecule has 2 rings (SSSR count). The van der Waals surface area contributed by atoms with Gasteiger partial charge in [-0.25, -0.2) is 0 Å². The Morgan fingerprint density at radius 1 is 1.11 bits per heavy atom. The number of nitrogens with one attached hydrogen (secondary N) is 1. The van der Waals surface area contributed by atoms with Gasteiger partial charge in [-0.3, -0.25) is 0 Å². The number of hydrogen-bond acceptors (Lipinski definition) is 2. The maximum Gasteiger partial charge on any atom is 0.0359 e. The van der Waals surface area contributed by atoms with E-state index in [9.17, 15) is 0 Å². The molecule has 94 valence electrons. The van der Waals surface area contributed by atoms with Crippen LogP contribution >= 0.6 is 15.9 Å². The van der Waals surface area contributed by atoms with Crippen molar-refractivity contribution in [3.05, 3.63) is 64.1 Å². The number of rotatable bonds is 4. The molecule has 3 heteroatoms. The first-order valence-electron chi connectivity index (χ1n) is 5.99. The van der Waals surface area contributed by atoms with Crippen LogP contribution in [0.2, 0.25) is 0 Å². The first kappa shape index (κ1) is 13.1. The number of halogens is 1. The van der Waals surface area contributed by atoms with Crippen molar-refractivity contribution in [3.8, 4) is 0 Å². The Balaban J connectivity index is 2.03. The molecule has 0 spiro atoms. The van der Waals surface area contributed by atoms with Crippen LogP contribution < -0.4 is 11.1 Å². The van der Waals surface area contributed by atoms with E-state index in [1.807, 2.05) is 24.3 Å². The lowest BCUT2D eigenvalue weighted by Gasteiger charge is -2.16. The average Bonchev–Trinajstić information content (AvgIpc) is 2.38. The van der Waals surface area contributed by atoms with E-state index in [0.717, 1.165) is 22.3 Å². The summed E-state index contributed by atoms with van der Waals surface area (Å²) in [5, 5.41) is 3.49. The monoisotopic (exact) mass is 304 g/mol. The Kier molecular flexibility index (Phi) is 4.39. The predicted octanol–water partition coefficient (Wildman–Crippen LogP) is 3.88. The largest absolute Gasteiger partial charge is 0.398 e. The molecule has 3 N–H and O–H groups in total. The zero-order valence-corrected chi connectivity index (χ0v) is 11.9. The maximum atomic E-state index is 5.93. The molecule has 0 fully saturated rings. The third-order valence-electron chi connectivity index (χ3n) is 3.03. The van der Waals surface area contributed by atoms with Crippen molar-refractivity contribution in [2.45, 2.75) is 19.5 Å². The van der Waals surface area contributed by atoms with Crippen molar-refractivity contribution < 1.29 is 0 Å². The summed E-state index contributed by atoms with van der Waals surface area (Å²) in [4.78, 5) is 0.